The smallest absolute Gasteiger partial charge is 0.128 e. The quantitative estimate of drug-likeness (QED) is 0.788. The number of nitrogens with zero attached hydrogens (tertiary/aromatic N) is 2. The van der Waals surface area contributed by atoms with Crippen molar-refractivity contribution in [2.45, 2.75) is 18.9 Å². The first-order valence-corrected chi connectivity index (χ1v) is 6.12. The van der Waals surface area contributed by atoms with Crippen LogP contribution in [-0.2, 0) is 6.54 Å². The van der Waals surface area contributed by atoms with Gasteiger partial charge in [-0.25, -0.2) is 8.78 Å². The maximum absolute atomic E-state index is 13.2. The first kappa shape index (κ1) is 10.9. The summed E-state index contributed by atoms with van der Waals surface area (Å²) >= 11 is 3.31. The van der Waals surface area contributed by atoms with Crippen LogP contribution in [0, 0.1) is 11.6 Å². The second kappa shape index (κ2) is 3.91. The highest BCUT2D eigenvalue weighted by Gasteiger charge is 2.26. The maximum atomic E-state index is 13.2. The van der Waals surface area contributed by atoms with Crippen molar-refractivity contribution in [1.82, 2.24) is 9.78 Å². The Labute approximate surface area is 105 Å². The fraction of sp³-hybridized carbons (Fsp3) is 0.250. The molecule has 1 aliphatic rings. The van der Waals surface area contributed by atoms with Gasteiger partial charge in [-0.15, -0.1) is 0 Å². The molecule has 1 atom stereocenters. The van der Waals surface area contributed by atoms with E-state index in [2.05, 4.69) is 21.0 Å². The van der Waals surface area contributed by atoms with E-state index in [1.54, 1.807) is 0 Å². The summed E-state index contributed by atoms with van der Waals surface area (Å²) in [5.74, 6) is -1.03. The summed E-state index contributed by atoms with van der Waals surface area (Å²) in [6.07, 6.45) is 0.832. The molecule has 0 aliphatic carbocycles. The molecule has 0 amide bonds. The highest BCUT2D eigenvalue weighted by atomic mass is 79.9. The van der Waals surface area contributed by atoms with E-state index < -0.39 is 11.6 Å². The van der Waals surface area contributed by atoms with Gasteiger partial charge in [0.05, 0.1) is 0 Å². The molecular weight excluding hydrogens is 290 g/mol. The van der Waals surface area contributed by atoms with Gasteiger partial charge in [0, 0.05) is 24.2 Å². The molecule has 2 heterocycles. The molecule has 0 bridgehead atoms. The summed E-state index contributed by atoms with van der Waals surface area (Å²) in [7, 11) is 0. The molecular formula is C12H9BrF2N2. The molecule has 1 unspecified atom stereocenters. The number of aryl methyl sites for hydroxylation is 1. The molecule has 0 N–H and O–H groups in total. The molecule has 0 fully saturated rings. The number of aromatic nitrogens is 2. The third-order valence-corrected chi connectivity index (χ3v) is 3.44. The van der Waals surface area contributed by atoms with Crippen LogP contribution in [0.3, 0.4) is 0 Å². The second-order valence-corrected chi connectivity index (χ2v) is 4.97. The molecule has 2 aromatic rings. The van der Waals surface area contributed by atoms with Crippen LogP contribution in [0.25, 0.3) is 0 Å². The number of rotatable bonds is 1. The minimum absolute atomic E-state index is 0.0269. The monoisotopic (exact) mass is 298 g/mol. The van der Waals surface area contributed by atoms with Crippen LogP contribution in [-0.4, -0.2) is 9.78 Å². The highest BCUT2D eigenvalue weighted by Crippen LogP contribution is 2.35. The van der Waals surface area contributed by atoms with Crippen LogP contribution in [0.4, 0.5) is 8.78 Å². The summed E-state index contributed by atoms with van der Waals surface area (Å²) in [6, 6.07) is 5.58. The Hall–Kier alpha value is -1.23. The minimum atomic E-state index is -0.531. The molecule has 5 heteroatoms. The molecule has 0 saturated carbocycles. The summed E-state index contributed by atoms with van der Waals surface area (Å²) < 4.78 is 29.0. The van der Waals surface area contributed by atoms with Gasteiger partial charge < -0.3 is 0 Å². The van der Waals surface area contributed by atoms with E-state index in [1.807, 2.05) is 10.7 Å². The minimum Gasteiger partial charge on any atom is -0.268 e. The normalized spacial score (nSPS) is 18.4. The second-order valence-electron chi connectivity index (χ2n) is 4.16. The van der Waals surface area contributed by atoms with Gasteiger partial charge in [0.25, 0.3) is 0 Å². The Morgan fingerprint density at radius 3 is 2.59 bits per heavy atom. The zero-order valence-electron chi connectivity index (χ0n) is 8.83. The van der Waals surface area contributed by atoms with Gasteiger partial charge in [0.2, 0.25) is 0 Å². The molecule has 3 rings (SSSR count). The van der Waals surface area contributed by atoms with Crippen LogP contribution in [0.5, 0.6) is 0 Å². The average molecular weight is 299 g/mol. The topological polar surface area (TPSA) is 17.8 Å². The molecule has 2 nitrogen and oxygen atoms in total. The zero-order chi connectivity index (χ0) is 12.0. The fourth-order valence-corrected chi connectivity index (χ4v) is 2.80. The Morgan fingerprint density at radius 2 is 1.88 bits per heavy atom. The van der Waals surface area contributed by atoms with E-state index >= 15 is 0 Å². The Balaban J connectivity index is 2.05. The summed E-state index contributed by atoms with van der Waals surface area (Å²) in [5, 5.41) is 4.26. The van der Waals surface area contributed by atoms with Crippen molar-refractivity contribution in [3.05, 3.63) is 51.8 Å². The van der Waals surface area contributed by atoms with Crippen molar-refractivity contribution >= 4 is 15.9 Å². The molecule has 1 aliphatic heterocycles. The average Bonchev–Trinajstić information content (AvgIpc) is 2.74. The molecule has 1 aromatic carbocycles. The number of fused-ring (bicyclic) bond motifs is 1. The van der Waals surface area contributed by atoms with E-state index in [1.165, 1.54) is 12.1 Å². The van der Waals surface area contributed by atoms with Crippen LogP contribution >= 0.6 is 15.9 Å². The largest absolute Gasteiger partial charge is 0.268 e. The predicted octanol–water partition coefficient (Wildman–Crippen LogP) is 3.46. The van der Waals surface area contributed by atoms with E-state index in [4.69, 9.17) is 0 Å². The van der Waals surface area contributed by atoms with Crippen molar-refractivity contribution in [2.24, 2.45) is 0 Å². The van der Waals surface area contributed by atoms with Crippen molar-refractivity contribution in [2.75, 3.05) is 0 Å². The molecule has 0 saturated heterocycles. The molecule has 17 heavy (non-hydrogen) atoms. The standard InChI is InChI=1S/C12H9BrF2N2/c13-12-6-11-10(1-2-17(11)16-12)7-3-8(14)5-9(15)4-7/h3-6,10H,1-2H2. The zero-order valence-corrected chi connectivity index (χ0v) is 10.4. The number of hydrogen-bond donors (Lipinski definition) is 0. The Bertz CT molecular complexity index is 560. The molecule has 1 aromatic heterocycles. The van der Waals surface area contributed by atoms with Crippen molar-refractivity contribution in [3.8, 4) is 0 Å². The van der Waals surface area contributed by atoms with E-state index in [0.717, 1.165) is 29.3 Å². The lowest BCUT2D eigenvalue weighted by Gasteiger charge is -2.09. The Kier molecular flexibility index (Phi) is 2.50. The van der Waals surface area contributed by atoms with Crippen molar-refractivity contribution in [1.29, 1.82) is 0 Å². The summed E-state index contributed by atoms with van der Waals surface area (Å²) in [6.45, 7) is 0.781. The van der Waals surface area contributed by atoms with Crippen molar-refractivity contribution < 1.29 is 8.78 Å². The SMILES string of the molecule is Fc1cc(F)cc(C2CCn3nc(Br)cc32)c1. The first-order chi connectivity index (χ1) is 8.13. The lowest BCUT2D eigenvalue weighted by atomic mass is 9.95. The van der Waals surface area contributed by atoms with Gasteiger partial charge in [0.1, 0.15) is 16.2 Å². The van der Waals surface area contributed by atoms with Gasteiger partial charge in [-0.1, -0.05) is 0 Å². The number of benzene rings is 1. The van der Waals surface area contributed by atoms with E-state index in [9.17, 15) is 8.78 Å². The predicted molar refractivity (Wildman–Crippen MR) is 62.7 cm³/mol. The van der Waals surface area contributed by atoms with Gasteiger partial charge in [-0.2, -0.15) is 5.10 Å². The number of halogens is 3. The van der Waals surface area contributed by atoms with Crippen LogP contribution in [0.15, 0.2) is 28.9 Å². The van der Waals surface area contributed by atoms with Gasteiger partial charge in [0.15, 0.2) is 0 Å². The highest BCUT2D eigenvalue weighted by molar-refractivity contribution is 9.10. The molecule has 88 valence electrons. The lowest BCUT2D eigenvalue weighted by Crippen LogP contribution is -1.98. The van der Waals surface area contributed by atoms with Gasteiger partial charge >= 0.3 is 0 Å². The lowest BCUT2D eigenvalue weighted by molar-refractivity contribution is 0.576. The Morgan fingerprint density at radius 1 is 1.18 bits per heavy atom. The van der Waals surface area contributed by atoms with Crippen molar-refractivity contribution in [3.63, 3.8) is 0 Å². The van der Waals surface area contributed by atoms with Gasteiger partial charge in [-0.3, -0.25) is 4.68 Å². The first-order valence-electron chi connectivity index (χ1n) is 5.33. The third kappa shape index (κ3) is 1.88. The third-order valence-electron chi connectivity index (χ3n) is 3.06. The number of hydrogen-bond acceptors (Lipinski definition) is 1. The van der Waals surface area contributed by atoms with E-state index in [0.29, 0.717) is 5.56 Å². The van der Waals surface area contributed by atoms with Crippen LogP contribution in [0.2, 0.25) is 0 Å². The molecule has 0 radical (unpaired) electrons. The molecule has 0 spiro atoms. The fourth-order valence-electron chi connectivity index (χ4n) is 2.37. The van der Waals surface area contributed by atoms with Crippen LogP contribution < -0.4 is 0 Å². The maximum Gasteiger partial charge on any atom is 0.128 e. The summed E-state index contributed by atoms with van der Waals surface area (Å²) in [5.41, 5.74) is 1.68. The van der Waals surface area contributed by atoms with Crippen LogP contribution in [0.1, 0.15) is 23.6 Å². The summed E-state index contributed by atoms with van der Waals surface area (Å²) in [4.78, 5) is 0. The van der Waals surface area contributed by atoms with E-state index in [-0.39, 0.29) is 5.92 Å². The van der Waals surface area contributed by atoms with Gasteiger partial charge in [-0.05, 0) is 46.1 Å².